The van der Waals surface area contributed by atoms with Crippen LogP contribution in [0.4, 0.5) is 0 Å². The van der Waals surface area contributed by atoms with E-state index in [1.54, 1.807) is 24.3 Å². The second kappa shape index (κ2) is 7.16. The lowest BCUT2D eigenvalue weighted by atomic mass is 10.2. The van der Waals surface area contributed by atoms with Crippen molar-refractivity contribution in [3.8, 4) is 11.5 Å². The standard InChI is InChI=1S/C15H16N2O5/c1-19-12-5-3-4-10(8-17-16)14(12)21-9-11-6-7-13(22-11)15(18)20-2/h3-8H,9,16H2,1-2H3. The van der Waals surface area contributed by atoms with Crippen LogP contribution >= 0.6 is 0 Å². The van der Waals surface area contributed by atoms with Gasteiger partial charge in [0.25, 0.3) is 0 Å². The Labute approximate surface area is 127 Å². The summed E-state index contributed by atoms with van der Waals surface area (Å²) < 4.78 is 20.9. The highest BCUT2D eigenvalue weighted by molar-refractivity contribution is 5.86. The summed E-state index contributed by atoms with van der Waals surface area (Å²) in [6.45, 7) is 0.114. The van der Waals surface area contributed by atoms with Gasteiger partial charge in [-0.2, -0.15) is 5.10 Å². The first kappa shape index (κ1) is 15.4. The number of para-hydroxylation sites is 1. The molecule has 1 heterocycles. The van der Waals surface area contributed by atoms with Gasteiger partial charge in [-0.15, -0.1) is 0 Å². The van der Waals surface area contributed by atoms with Crippen molar-refractivity contribution in [1.29, 1.82) is 0 Å². The molecular weight excluding hydrogens is 288 g/mol. The smallest absolute Gasteiger partial charge is 0.373 e. The van der Waals surface area contributed by atoms with E-state index >= 15 is 0 Å². The highest BCUT2D eigenvalue weighted by atomic mass is 16.5. The molecule has 0 bridgehead atoms. The second-order valence-corrected chi connectivity index (χ2v) is 4.20. The molecule has 2 N–H and O–H groups in total. The number of esters is 1. The molecule has 2 rings (SSSR count). The molecule has 0 atom stereocenters. The lowest BCUT2D eigenvalue weighted by molar-refractivity contribution is 0.0561. The fraction of sp³-hybridized carbons (Fsp3) is 0.200. The third kappa shape index (κ3) is 3.38. The van der Waals surface area contributed by atoms with Crippen LogP contribution in [0.1, 0.15) is 21.9 Å². The lowest BCUT2D eigenvalue weighted by Crippen LogP contribution is -2.01. The number of ether oxygens (including phenoxy) is 3. The SMILES string of the molecule is COC(=O)c1ccc(COc2c(C=NN)cccc2OC)o1. The predicted octanol–water partition coefficient (Wildman–Crippen LogP) is 1.95. The molecule has 22 heavy (non-hydrogen) atoms. The minimum atomic E-state index is -0.542. The average Bonchev–Trinajstić information content (AvgIpc) is 3.01. The van der Waals surface area contributed by atoms with Crippen molar-refractivity contribution in [1.82, 2.24) is 0 Å². The Hall–Kier alpha value is -2.96. The first-order chi connectivity index (χ1) is 10.7. The number of hydrogen-bond acceptors (Lipinski definition) is 7. The Balaban J connectivity index is 2.17. The zero-order valence-corrected chi connectivity index (χ0v) is 12.2. The molecular formula is C15H16N2O5. The van der Waals surface area contributed by atoms with E-state index in [1.165, 1.54) is 26.5 Å². The number of benzene rings is 1. The highest BCUT2D eigenvalue weighted by Crippen LogP contribution is 2.31. The molecule has 7 heteroatoms. The summed E-state index contributed by atoms with van der Waals surface area (Å²) in [5.41, 5.74) is 0.668. The zero-order valence-electron chi connectivity index (χ0n) is 12.2. The molecule has 2 aromatic rings. The summed E-state index contributed by atoms with van der Waals surface area (Å²) in [6.07, 6.45) is 1.46. The van der Waals surface area contributed by atoms with E-state index in [1.807, 2.05) is 0 Å². The Morgan fingerprint density at radius 2 is 2.14 bits per heavy atom. The zero-order chi connectivity index (χ0) is 15.9. The normalized spacial score (nSPS) is 10.6. The van der Waals surface area contributed by atoms with E-state index in [0.717, 1.165) is 0 Å². The van der Waals surface area contributed by atoms with Crippen LogP contribution in [0.3, 0.4) is 0 Å². The molecule has 0 aliphatic rings. The van der Waals surface area contributed by atoms with Crippen LogP contribution in [0.5, 0.6) is 11.5 Å². The fourth-order valence-corrected chi connectivity index (χ4v) is 1.84. The van der Waals surface area contributed by atoms with Gasteiger partial charge < -0.3 is 24.5 Å². The van der Waals surface area contributed by atoms with Crippen molar-refractivity contribution in [3.05, 3.63) is 47.4 Å². The van der Waals surface area contributed by atoms with Crippen LogP contribution in [-0.2, 0) is 11.3 Å². The van der Waals surface area contributed by atoms with Crippen LogP contribution in [0.25, 0.3) is 0 Å². The maximum absolute atomic E-state index is 11.3. The summed E-state index contributed by atoms with van der Waals surface area (Å²) in [5, 5.41) is 3.49. The Bertz CT molecular complexity index is 678. The molecule has 1 aromatic heterocycles. The topological polar surface area (TPSA) is 96.3 Å². The van der Waals surface area contributed by atoms with Gasteiger partial charge in [-0.3, -0.25) is 0 Å². The predicted molar refractivity (Wildman–Crippen MR) is 79.2 cm³/mol. The average molecular weight is 304 g/mol. The molecule has 0 saturated heterocycles. The number of nitrogens with two attached hydrogens (primary N) is 1. The molecule has 0 fully saturated rings. The van der Waals surface area contributed by atoms with Gasteiger partial charge in [0.1, 0.15) is 12.4 Å². The molecule has 0 spiro atoms. The highest BCUT2D eigenvalue weighted by Gasteiger charge is 2.13. The van der Waals surface area contributed by atoms with Crippen LogP contribution < -0.4 is 15.3 Å². The summed E-state index contributed by atoms with van der Waals surface area (Å²) in [4.78, 5) is 11.3. The van der Waals surface area contributed by atoms with Gasteiger partial charge in [-0.25, -0.2) is 4.79 Å². The lowest BCUT2D eigenvalue weighted by Gasteiger charge is -2.12. The maximum Gasteiger partial charge on any atom is 0.373 e. The van der Waals surface area contributed by atoms with Gasteiger partial charge in [0.2, 0.25) is 5.76 Å². The minimum absolute atomic E-state index is 0.114. The monoisotopic (exact) mass is 304 g/mol. The number of rotatable bonds is 6. The minimum Gasteiger partial charge on any atom is -0.493 e. The molecule has 0 saturated carbocycles. The van der Waals surface area contributed by atoms with Crippen molar-refractivity contribution in [2.24, 2.45) is 10.9 Å². The van der Waals surface area contributed by atoms with E-state index in [0.29, 0.717) is 22.8 Å². The third-order valence-electron chi connectivity index (χ3n) is 2.85. The molecule has 7 nitrogen and oxygen atoms in total. The van der Waals surface area contributed by atoms with Gasteiger partial charge in [0.15, 0.2) is 11.5 Å². The third-order valence-corrected chi connectivity index (χ3v) is 2.85. The van der Waals surface area contributed by atoms with E-state index in [4.69, 9.17) is 19.7 Å². The summed E-state index contributed by atoms with van der Waals surface area (Å²) >= 11 is 0. The summed E-state index contributed by atoms with van der Waals surface area (Å²) in [5.74, 6) is 6.25. The van der Waals surface area contributed by atoms with Crippen LogP contribution in [0.2, 0.25) is 0 Å². The van der Waals surface area contributed by atoms with E-state index < -0.39 is 5.97 Å². The van der Waals surface area contributed by atoms with Gasteiger partial charge in [-0.1, -0.05) is 6.07 Å². The van der Waals surface area contributed by atoms with Crippen molar-refractivity contribution in [2.45, 2.75) is 6.61 Å². The van der Waals surface area contributed by atoms with Gasteiger partial charge in [-0.05, 0) is 24.3 Å². The molecule has 0 aliphatic carbocycles. The van der Waals surface area contributed by atoms with E-state index in [2.05, 4.69) is 9.84 Å². The molecule has 0 aliphatic heterocycles. The number of hydrogen-bond donors (Lipinski definition) is 1. The maximum atomic E-state index is 11.3. The fourth-order valence-electron chi connectivity index (χ4n) is 1.84. The number of hydrazone groups is 1. The second-order valence-electron chi connectivity index (χ2n) is 4.20. The van der Waals surface area contributed by atoms with Crippen LogP contribution in [0.15, 0.2) is 39.9 Å². The largest absolute Gasteiger partial charge is 0.493 e. The van der Waals surface area contributed by atoms with E-state index in [-0.39, 0.29) is 12.4 Å². The number of carbonyl (C=O) groups excluding carboxylic acids is 1. The van der Waals surface area contributed by atoms with Gasteiger partial charge >= 0.3 is 5.97 Å². The van der Waals surface area contributed by atoms with Crippen molar-refractivity contribution in [2.75, 3.05) is 14.2 Å². The summed E-state index contributed by atoms with van der Waals surface area (Å²) in [7, 11) is 2.82. The Morgan fingerprint density at radius 1 is 1.32 bits per heavy atom. The molecule has 0 unspecified atom stereocenters. The first-order valence-corrected chi connectivity index (χ1v) is 6.39. The Kier molecular flexibility index (Phi) is 5.02. The first-order valence-electron chi connectivity index (χ1n) is 6.39. The number of nitrogens with zero attached hydrogens (tertiary/aromatic N) is 1. The number of carbonyl (C=O) groups is 1. The molecule has 0 amide bonds. The number of methoxy groups -OCH3 is 2. The van der Waals surface area contributed by atoms with Gasteiger partial charge in [0.05, 0.1) is 20.4 Å². The molecule has 1 aromatic carbocycles. The number of furan rings is 1. The van der Waals surface area contributed by atoms with Crippen molar-refractivity contribution in [3.63, 3.8) is 0 Å². The molecule has 0 radical (unpaired) electrons. The van der Waals surface area contributed by atoms with Crippen molar-refractivity contribution < 1.29 is 23.4 Å². The van der Waals surface area contributed by atoms with Gasteiger partial charge in [0, 0.05) is 5.56 Å². The van der Waals surface area contributed by atoms with Crippen LogP contribution in [0, 0.1) is 0 Å². The van der Waals surface area contributed by atoms with Crippen molar-refractivity contribution >= 4 is 12.2 Å². The summed E-state index contributed by atoms with van der Waals surface area (Å²) in [6, 6.07) is 8.50. The quantitative estimate of drug-likeness (QED) is 0.379. The van der Waals surface area contributed by atoms with Crippen LogP contribution in [-0.4, -0.2) is 26.4 Å². The van der Waals surface area contributed by atoms with E-state index in [9.17, 15) is 4.79 Å². The molecule has 116 valence electrons. The Morgan fingerprint density at radius 3 is 2.82 bits per heavy atom.